The number of hydrogen-bond donors (Lipinski definition) is 1. The van der Waals surface area contributed by atoms with Crippen molar-refractivity contribution in [2.24, 2.45) is 5.10 Å². The molecule has 3 rings (SSSR count). The van der Waals surface area contributed by atoms with Crippen molar-refractivity contribution in [3.05, 3.63) is 97.8 Å². The van der Waals surface area contributed by atoms with E-state index in [2.05, 4.69) is 33.1 Å². The van der Waals surface area contributed by atoms with Crippen LogP contribution in [-0.2, 0) is 6.61 Å². The second-order valence-electron chi connectivity index (χ2n) is 5.81. The fourth-order valence-electron chi connectivity index (χ4n) is 2.29. The number of rotatable bonds is 6. The minimum atomic E-state index is -0.318. The second kappa shape index (κ2) is 9.66. The average Bonchev–Trinajstić information content (AvgIpc) is 2.69. The van der Waals surface area contributed by atoms with Crippen molar-refractivity contribution in [2.75, 3.05) is 0 Å². The van der Waals surface area contributed by atoms with Gasteiger partial charge in [-0.25, -0.2) is 9.82 Å². The lowest BCUT2D eigenvalue weighted by atomic mass is 10.2. The highest BCUT2D eigenvalue weighted by Gasteiger charge is 2.05. The maximum atomic E-state index is 12.9. The molecule has 0 heterocycles. The van der Waals surface area contributed by atoms with Crippen LogP contribution in [-0.4, -0.2) is 12.1 Å². The molecule has 0 unspecified atom stereocenters. The highest BCUT2D eigenvalue weighted by Crippen LogP contribution is 2.22. The maximum Gasteiger partial charge on any atom is 0.271 e. The summed E-state index contributed by atoms with van der Waals surface area (Å²) in [5, 5.41) is 4.54. The van der Waals surface area contributed by atoms with Gasteiger partial charge >= 0.3 is 0 Å². The highest BCUT2D eigenvalue weighted by molar-refractivity contribution is 14.1. The fourth-order valence-corrected chi connectivity index (χ4v) is 3.11. The van der Waals surface area contributed by atoms with Gasteiger partial charge in [0.1, 0.15) is 18.2 Å². The zero-order valence-corrected chi connectivity index (χ0v) is 17.4. The SMILES string of the molecule is O=C(N/N=C\c1ccc(OCc2ccc(F)cc2)c(I)c1)c1ccc(Cl)cc1. The summed E-state index contributed by atoms with van der Waals surface area (Å²) in [6.45, 7) is 0.348. The van der Waals surface area contributed by atoms with Gasteiger partial charge in [-0.2, -0.15) is 5.10 Å². The van der Waals surface area contributed by atoms with E-state index in [9.17, 15) is 9.18 Å². The summed E-state index contributed by atoms with van der Waals surface area (Å²) in [6, 6.07) is 18.3. The van der Waals surface area contributed by atoms with Crippen LogP contribution in [0.15, 0.2) is 71.8 Å². The molecule has 1 amide bonds. The van der Waals surface area contributed by atoms with Crippen LogP contribution >= 0.6 is 34.2 Å². The van der Waals surface area contributed by atoms with Gasteiger partial charge in [-0.05, 0) is 88.3 Å². The predicted octanol–water partition coefficient (Wildman–Crippen LogP) is 5.43. The van der Waals surface area contributed by atoms with Crippen molar-refractivity contribution >= 4 is 46.3 Å². The molecule has 1 N–H and O–H groups in total. The van der Waals surface area contributed by atoms with Gasteiger partial charge in [-0.3, -0.25) is 4.79 Å². The fraction of sp³-hybridized carbons (Fsp3) is 0.0476. The van der Waals surface area contributed by atoms with Crippen molar-refractivity contribution in [3.8, 4) is 5.75 Å². The van der Waals surface area contributed by atoms with Crippen molar-refractivity contribution in [1.82, 2.24) is 5.43 Å². The number of nitrogens with zero attached hydrogens (tertiary/aromatic N) is 1. The van der Waals surface area contributed by atoms with E-state index in [-0.39, 0.29) is 11.7 Å². The van der Waals surface area contributed by atoms with E-state index in [1.165, 1.54) is 12.1 Å². The average molecular weight is 509 g/mol. The molecule has 0 fully saturated rings. The number of halogens is 3. The lowest BCUT2D eigenvalue weighted by Gasteiger charge is -2.09. The lowest BCUT2D eigenvalue weighted by Crippen LogP contribution is -2.17. The molecule has 0 atom stereocenters. The summed E-state index contributed by atoms with van der Waals surface area (Å²) in [5.74, 6) is 0.124. The first-order valence-corrected chi connectivity index (χ1v) is 9.73. The smallest absolute Gasteiger partial charge is 0.271 e. The number of benzene rings is 3. The summed E-state index contributed by atoms with van der Waals surface area (Å²) < 4.78 is 19.6. The third-order valence-electron chi connectivity index (χ3n) is 3.75. The normalized spacial score (nSPS) is 10.8. The standard InChI is InChI=1S/C21H15ClFIN2O2/c22-17-6-4-16(5-7-17)21(27)26-25-12-15-3-10-20(19(24)11-15)28-13-14-1-8-18(23)9-2-14/h1-12H,13H2,(H,26,27)/b25-12-. The number of nitrogens with one attached hydrogen (secondary N) is 1. The van der Waals surface area contributed by atoms with Crippen LogP contribution < -0.4 is 10.2 Å². The van der Waals surface area contributed by atoms with E-state index >= 15 is 0 Å². The van der Waals surface area contributed by atoms with Crippen LogP contribution in [0, 0.1) is 9.39 Å². The number of carbonyl (C=O) groups is 1. The molecule has 0 bridgehead atoms. The van der Waals surface area contributed by atoms with E-state index in [4.69, 9.17) is 16.3 Å². The molecule has 0 aliphatic carbocycles. The Morgan fingerprint density at radius 1 is 1.11 bits per heavy atom. The van der Waals surface area contributed by atoms with Gasteiger partial charge in [-0.1, -0.05) is 23.7 Å². The van der Waals surface area contributed by atoms with Crippen LogP contribution in [0.2, 0.25) is 5.02 Å². The molecule has 0 spiro atoms. The van der Waals surface area contributed by atoms with E-state index in [1.807, 2.05) is 18.2 Å². The minimum Gasteiger partial charge on any atom is -0.488 e. The first kappa shape index (κ1) is 20.3. The zero-order valence-electron chi connectivity index (χ0n) is 14.5. The van der Waals surface area contributed by atoms with Gasteiger partial charge in [0, 0.05) is 10.6 Å². The Kier molecular flexibility index (Phi) is 7.00. The Hall–Kier alpha value is -2.45. The Balaban J connectivity index is 1.57. The minimum absolute atomic E-state index is 0.273. The molecular formula is C21H15ClFIN2O2. The summed E-state index contributed by atoms with van der Waals surface area (Å²) in [5.41, 5.74) is 4.65. The molecule has 0 saturated heterocycles. The number of hydrazone groups is 1. The molecular weight excluding hydrogens is 494 g/mol. The predicted molar refractivity (Wildman–Crippen MR) is 116 cm³/mol. The third-order valence-corrected chi connectivity index (χ3v) is 4.84. The van der Waals surface area contributed by atoms with Crippen molar-refractivity contribution in [2.45, 2.75) is 6.61 Å². The molecule has 0 aromatic heterocycles. The molecule has 0 aliphatic heterocycles. The van der Waals surface area contributed by atoms with Gasteiger partial charge in [0.05, 0.1) is 9.78 Å². The largest absolute Gasteiger partial charge is 0.488 e. The molecule has 0 aliphatic rings. The summed E-state index contributed by atoms with van der Waals surface area (Å²) in [6.07, 6.45) is 1.56. The Morgan fingerprint density at radius 3 is 2.50 bits per heavy atom. The molecule has 7 heteroatoms. The van der Waals surface area contributed by atoms with Crippen LogP contribution in [0.1, 0.15) is 21.5 Å². The highest BCUT2D eigenvalue weighted by atomic mass is 127. The first-order valence-electron chi connectivity index (χ1n) is 8.27. The van der Waals surface area contributed by atoms with Crippen molar-refractivity contribution < 1.29 is 13.9 Å². The van der Waals surface area contributed by atoms with E-state index in [0.717, 1.165) is 14.7 Å². The maximum absolute atomic E-state index is 12.9. The number of ether oxygens (including phenoxy) is 1. The quantitative estimate of drug-likeness (QED) is 0.274. The Bertz CT molecular complexity index is 992. The monoisotopic (exact) mass is 508 g/mol. The summed E-state index contributed by atoms with van der Waals surface area (Å²) >= 11 is 7.97. The van der Waals surface area contributed by atoms with Crippen LogP contribution in [0.4, 0.5) is 4.39 Å². The van der Waals surface area contributed by atoms with Gasteiger partial charge in [0.15, 0.2) is 0 Å². The summed E-state index contributed by atoms with van der Waals surface area (Å²) in [4.78, 5) is 12.0. The van der Waals surface area contributed by atoms with Crippen LogP contribution in [0.5, 0.6) is 5.75 Å². The van der Waals surface area contributed by atoms with E-state index in [1.54, 1.807) is 42.6 Å². The third kappa shape index (κ3) is 5.77. The summed E-state index contributed by atoms with van der Waals surface area (Å²) in [7, 11) is 0. The van der Waals surface area contributed by atoms with Crippen LogP contribution in [0.25, 0.3) is 0 Å². The van der Waals surface area contributed by atoms with Gasteiger partial charge in [0.2, 0.25) is 0 Å². The Morgan fingerprint density at radius 2 is 1.82 bits per heavy atom. The molecule has 0 radical (unpaired) electrons. The molecule has 142 valence electrons. The van der Waals surface area contributed by atoms with Gasteiger partial charge in [0.25, 0.3) is 5.91 Å². The van der Waals surface area contributed by atoms with Crippen molar-refractivity contribution in [3.63, 3.8) is 0 Å². The number of carbonyl (C=O) groups excluding carboxylic acids is 1. The van der Waals surface area contributed by atoms with Gasteiger partial charge in [-0.15, -0.1) is 0 Å². The van der Waals surface area contributed by atoms with E-state index in [0.29, 0.717) is 22.9 Å². The van der Waals surface area contributed by atoms with E-state index < -0.39 is 0 Å². The first-order chi connectivity index (χ1) is 13.5. The molecule has 4 nitrogen and oxygen atoms in total. The Labute approximate surface area is 180 Å². The molecule has 0 saturated carbocycles. The van der Waals surface area contributed by atoms with Gasteiger partial charge < -0.3 is 4.74 Å². The lowest BCUT2D eigenvalue weighted by molar-refractivity contribution is 0.0955. The molecule has 28 heavy (non-hydrogen) atoms. The molecule has 3 aromatic carbocycles. The number of hydrogen-bond acceptors (Lipinski definition) is 3. The van der Waals surface area contributed by atoms with Crippen molar-refractivity contribution in [1.29, 1.82) is 0 Å². The zero-order chi connectivity index (χ0) is 19.9. The number of amides is 1. The molecule has 3 aromatic rings. The van der Waals surface area contributed by atoms with Crippen LogP contribution in [0.3, 0.4) is 0 Å². The topological polar surface area (TPSA) is 50.7 Å². The second-order valence-corrected chi connectivity index (χ2v) is 7.41.